The fourth-order valence-corrected chi connectivity index (χ4v) is 2.32. The van der Waals surface area contributed by atoms with Gasteiger partial charge in [0.1, 0.15) is 5.60 Å². The standard InChI is InChI=1S/C14H29N3O2/c1-14(2,3)19-13(18)17-12-7-5-11(6-8-12)16-10-4-9-15/h11-12,16H,4-10,15H2,1-3H3,(H,17,18). The van der Waals surface area contributed by atoms with Crippen LogP contribution in [0.25, 0.3) is 0 Å². The van der Waals surface area contributed by atoms with Crippen LogP contribution in [0.3, 0.4) is 0 Å². The number of hydrogen-bond acceptors (Lipinski definition) is 4. The molecule has 0 aromatic heterocycles. The molecule has 19 heavy (non-hydrogen) atoms. The van der Waals surface area contributed by atoms with E-state index in [2.05, 4.69) is 10.6 Å². The van der Waals surface area contributed by atoms with Crippen LogP contribution in [-0.4, -0.2) is 36.9 Å². The molecule has 1 aliphatic rings. The van der Waals surface area contributed by atoms with Crippen LogP contribution in [0.15, 0.2) is 0 Å². The van der Waals surface area contributed by atoms with Crippen molar-refractivity contribution in [1.29, 1.82) is 0 Å². The van der Waals surface area contributed by atoms with Gasteiger partial charge in [0.05, 0.1) is 0 Å². The number of ether oxygens (including phenoxy) is 1. The largest absolute Gasteiger partial charge is 0.444 e. The molecule has 0 unspecified atom stereocenters. The molecule has 0 heterocycles. The SMILES string of the molecule is CC(C)(C)OC(=O)NC1CCC(NCCCN)CC1. The highest BCUT2D eigenvalue weighted by Crippen LogP contribution is 2.19. The first-order valence-corrected chi connectivity index (χ1v) is 7.33. The maximum Gasteiger partial charge on any atom is 0.407 e. The van der Waals surface area contributed by atoms with Gasteiger partial charge in [-0.2, -0.15) is 0 Å². The Labute approximate surface area is 116 Å². The van der Waals surface area contributed by atoms with E-state index in [0.29, 0.717) is 6.04 Å². The monoisotopic (exact) mass is 271 g/mol. The predicted octanol–water partition coefficient (Wildman–Crippen LogP) is 1.76. The lowest BCUT2D eigenvalue weighted by Gasteiger charge is -2.30. The van der Waals surface area contributed by atoms with Crippen LogP contribution in [-0.2, 0) is 4.74 Å². The molecule has 0 radical (unpaired) electrons. The minimum Gasteiger partial charge on any atom is -0.444 e. The van der Waals surface area contributed by atoms with Crippen molar-refractivity contribution in [2.75, 3.05) is 13.1 Å². The number of hydrogen-bond donors (Lipinski definition) is 3. The molecule has 1 rings (SSSR count). The molecule has 0 spiro atoms. The maximum atomic E-state index is 11.7. The van der Waals surface area contributed by atoms with Crippen molar-refractivity contribution >= 4 is 6.09 Å². The Balaban J connectivity index is 2.17. The Bertz CT molecular complexity index is 268. The fourth-order valence-electron chi connectivity index (χ4n) is 2.32. The van der Waals surface area contributed by atoms with Crippen LogP contribution in [0.1, 0.15) is 52.9 Å². The summed E-state index contributed by atoms with van der Waals surface area (Å²) in [5.41, 5.74) is 5.04. The molecular formula is C14H29N3O2. The normalized spacial score (nSPS) is 24.0. The van der Waals surface area contributed by atoms with Gasteiger partial charge >= 0.3 is 6.09 Å². The zero-order chi connectivity index (χ0) is 14.3. The summed E-state index contributed by atoms with van der Waals surface area (Å²) in [6.07, 6.45) is 4.96. The van der Waals surface area contributed by atoms with E-state index in [9.17, 15) is 4.79 Å². The van der Waals surface area contributed by atoms with Crippen LogP contribution in [0.2, 0.25) is 0 Å². The molecular weight excluding hydrogens is 242 g/mol. The van der Waals surface area contributed by atoms with Crippen molar-refractivity contribution in [3.63, 3.8) is 0 Å². The number of nitrogens with one attached hydrogen (secondary N) is 2. The number of carbonyl (C=O) groups is 1. The first-order valence-electron chi connectivity index (χ1n) is 7.33. The molecule has 0 aromatic carbocycles. The lowest BCUT2D eigenvalue weighted by atomic mass is 9.91. The molecule has 0 aromatic rings. The van der Waals surface area contributed by atoms with Crippen molar-refractivity contribution in [2.24, 2.45) is 5.73 Å². The summed E-state index contributed by atoms with van der Waals surface area (Å²) in [7, 11) is 0. The van der Waals surface area contributed by atoms with Gasteiger partial charge in [0.25, 0.3) is 0 Å². The number of alkyl carbamates (subject to hydrolysis) is 1. The van der Waals surface area contributed by atoms with Gasteiger partial charge in [0.2, 0.25) is 0 Å². The van der Waals surface area contributed by atoms with Crippen LogP contribution in [0.4, 0.5) is 4.79 Å². The second-order valence-corrected chi connectivity index (χ2v) is 6.29. The Morgan fingerprint density at radius 3 is 2.32 bits per heavy atom. The Hall–Kier alpha value is -0.810. The van der Waals surface area contributed by atoms with Crippen molar-refractivity contribution in [3.8, 4) is 0 Å². The van der Waals surface area contributed by atoms with Gasteiger partial charge in [-0.15, -0.1) is 0 Å². The van der Waals surface area contributed by atoms with Crippen molar-refractivity contribution in [3.05, 3.63) is 0 Å². The third kappa shape index (κ3) is 7.38. The smallest absolute Gasteiger partial charge is 0.407 e. The number of amides is 1. The molecule has 5 heteroatoms. The summed E-state index contributed by atoms with van der Waals surface area (Å²) in [5.74, 6) is 0. The van der Waals surface area contributed by atoms with E-state index in [1.807, 2.05) is 20.8 Å². The zero-order valence-corrected chi connectivity index (χ0v) is 12.5. The molecule has 0 atom stereocenters. The molecule has 1 fully saturated rings. The highest BCUT2D eigenvalue weighted by atomic mass is 16.6. The van der Waals surface area contributed by atoms with E-state index >= 15 is 0 Å². The Morgan fingerprint density at radius 1 is 1.21 bits per heavy atom. The quantitative estimate of drug-likeness (QED) is 0.666. The highest BCUT2D eigenvalue weighted by Gasteiger charge is 2.24. The van der Waals surface area contributed by atoms with Gasteiger partial charge in [-0.1, -0.05) is 0 Å². The first kappa shape index (κ1) is 16.2. The van der Waals surface area contributed by atoms with E-state index in [0.717, 1.165) is 45.2 Å². The van der Waals surface area contributed by atoms with Crippen molar-refractivity contribution in [2.45, 2.75) is 70.6 Å². The zero-order valence-electron chi connectivity index (χ0n) is 12.5. The van der Waals surface area contributed by atoms with Gasteiger partial charge in [0.15, 0.2) is 0 Å². The van der Waals surface area contributed by atoms with Crippen molar-refractivity contribution in [1.82, 2.24) is 10.6 Å². The minimum absolute atomic E-state index is 0.252. The van der Waals surface area contributed by atoms with Gasteiger partial charge in [-0.3, -0.25) is 0 Å². The second kappa shape index (κ2) is 7.70. The maximum absolute atomic E-state index is 11.7. The fraction of sp³-hybridized carbons (Fsp3) is 0.929. The van der Waals surface area contributed by atoms with E-state index < -0.39 is 5.60 Å². The molecule has 5 nitrogen and oxygen atoms in total. The number of nitrogens with two attached hydrogens (primary N) is 1. The molecule has 1 saturated carbocycles. The topological polar surface area (TPSA) is 76.4 Å². The molecule has 4 N–H and O–H groups in total. The average Bonchev–Trinajstić information content (AvgIpc) is 2.29. The summed E-state index contributed by atoms with van der Waals surface area (Å²) < 4.78 is 5.27. The molecule has 0 bridgehead atoms. The van der Waals surface area contributed by atoms with E-state index in [1.165, 1.54) is 0 Å². The van der Waals surface area contributed by atoms with E-state index in [4.69, 9.17) is 10.5 Å². The number of carbonyl (C=O) groups excluding carboxylic acids is 1. The Kier molecular flexibility index (Phi) is 6.58. The van der Waals surface area contributed by atoms with Crippen molar-refractivity contribution < 1.29 is 9.53 Å². The molecule has 0 aliphatic heterocycles. The molecule has 112 valence electrons. The van der Waals surface area contributed by atoms with E-state index in [1.54, 1.807) is 0 Å². The Morgan fingerprint density at radius 2 is 1.79 bits per heavy atom. The average molecular weight is 271 g/mol. The summed E-state index contributed by atoms with van der Waals surface area (Å²) in [6, 6.07) is 0.825. The minimum atomic E-state index is -0.426. The molecule has 1 amide bonds. The van der Waals surface area contributed by atoms with Crippen LogP contribution >= 0.6 is 0 Å². The predicted molar refractivity (Wildman–Crippen MR) is 77.1 cm³/mol. The highest BCUT2D eigenvalue weighted by molar-refractivity contribution is 5.68. The lowest BCUT2D eigenvalue weighted by molar-refractivity contribution is 0.0490. The first-order chi connectivity index (χ1) is 8.90. The van der Waals surface area contributed by atoms with Crippen LogP contribution in [0.5, 0.6) is 0 Å². The van der Waals surface area contributed by atoms with Gasteiger partial charge in [-0.25, -0.2) is 4.79 Å². The summed E-state index contributed by atoms with van der Waals surface area (Å²) >= 11 is 0. The summed E-state index contributed by atoms with van der Waals surface area (Å²) in [6.45, 7) is 7.37. The van der Waals surface area contributed by atoms with E-state index in [-0.39, 0.29) is 12.1 Å². The van der Waals surface area contributed by atoms with Crippen LogP contribution < -0.4 is 16.4 Å². The second-order valence-electron chi connectivity index (χ2n) is 6.29. The van der Waals surface area contributed by atoms with Gasteiger partial charge in [-0.05, 0) is 66.0 Å². The van der Waals surface area contributed by atoms with Gasteiger partial charge < -0.3 is 21.1 Å². The third-order valence-corrected chi connectivity index (χ3v) is 3.26. The van der Waals surface area contributed by atoms with Crippen LogP contribution in [0, 0.1) is 0 Å². The molecule has 1 aliphatic carbocycles. The third-order valence-electron chi connectivity index (χ3n) is 3.26. The summed E-state index contributed by atoms with van der Waals surface area (Å²) in [4.78, 5) is 11.7. The molecule has 0 saturated heterocycles. The van der Waals surface area contributed by atoms with Gasteiger partial charge in [0, 0.05) is 12.1 Å². The lowest BCUT2D eigenvalue weighted by Crippen LogP contribution is -2.44. The number of rotatable bonds is 5. The summed E-state index contributed by atoms with van der Waals surface area (Å²) in [5, 5.41) is 6.46.